The molecule has 5 nitrogen and oxygen atoms in total. The Balaban J connectivity index is 1.68. The van der Waals surface area contributed by atoms with Gasteiger partial charge in [-0.2, -0.15) is 4.98 Å². The van der Waals surface area contributed by atoms with Gasteiger partial charge in [0, 0.05) is 13.1 Å². The molecule has 1 unspecified atom stereocenters. The Bertz CT molecular complexity index is 661. The van der Waals surface area contributed by atoms with Crippen molar-refractivity contribution in [3.05, 3.63) is 47.6 Å². The van der Waals surface area contributed by atoms with Crippen molar-refractivity contribution in [1.82, 2.24) is 15.0 Å². The van der Waals surface area contributed by atoms with Crippen molar-refractivity contribution in [2.45, 2.75) is 26.3 Å². The van der Waals surface area contributed by atoms with Crippen molar-refractivity contribution in [3.63, 3.8) is 0 Å². The van der Waals surface area contributed by atoms with Gasteiger partial charge in [0.15, 0.2) is 5.82 Å². The summed E-state index contributed by atoms with van der Waals surface area (Å²) in [6.45, 7) is 5.83. The van der Waals surface area contributed by atoms with E-state index in [9.17, 15) is 0 Å². The Hall–Kier alpha value is -2.14. The first-order valence-corrected chi connectivity index (χ1v) is 7.55. The summed E-state index contributed by atoms with van der Waals surface area (Å²) in [4.78, 5) is 6.68. The zero-order valence-electron chi connectivity index (χ0n) is 13.2. The van der Waals surface area contributed by atoms with E-state index in [0.29, 0.717) is 11.7 Å². The number of rotatable bonds is 4. The Kier molecular flexibility index (Phi) is 4.24. The molecule has 1 aromatic heterocycles. The first-order valence-electron chi connectivity index (χ1n) is 7.55. The normalized spacial score (nSPS) is 17.1. The van der Waals surface area contributed by atoms with Gasteiger partial charge >= 0.3 is 0 Å². The SMILES string of the molecule is COc1ccc(C2=CCN(C(C)c3nc(C)no3)CC2)cc1. The highest BCUT2D eigenvalue weighted by atomic mass is 16.5. The lowest BCUT2D eigenvalue weighted by atomic mass is 9.98. The second-order valence-corrected chi connectivity index (χ2v) is 5.56. The quantitative estimate of drug-likeness (QED) is 0.867. The van der Waals surface area contributed by atoms with Crippen LogP contribution in [0.25, 0.3) is 5.57 Å². The van der Waals surface area contributed by atoms with E-state index in [1.807, 2.05) is 19.1 Å². The molecule has 2 aromatic rings. The predicted molar refractivity (Wildman–Crippen MR) is 84.6 cm³/mol. The fraction of sp³-hybridized carbons (Fsp3) is 0.412. The first-order chi connectivity index (χ1) is 10.7. The van der Waals surface area contributed by atoms with Crippen molar-refractivity contribution in [1.29, 1.82) is 0 Å². The van der Waals surface area contributed by atoms with E-state index in [-0.39, 0.29) is 6.04 Å². The molecule has 0 fully saturated rings. The Morgan fingerprint density at radius 1 is 1.27 bits per heavy atom. The minimum absolute atomic E-state index is 0.148. The van der Waals surface area contributed by atoms with E-state index >= 15 is 0 Å². The molecule has 1 aliphatic rings. The number of ether oxygens (including phenoxy) is 1. The van der Waals surface area contributed by atoms with Crippen LogP contribution in [0, 0.1) is 6.92 Å². The van der Waals surface area contributed by atoms with Crippen LogP contribution < -0.4 is 4.74 Å². The molecule has 1 aliphatic heterocycles. The summed E-state index contributed by atoms with van der Waals surface area (Å²) in [6.07, 6.45) is 3.30. The van der Waals surface area contributed by atoms with Crippen LogP contribution >= 0.6 is 0 Å². The number of hydrogen-bond acceptors (Lipinski definition) is 5. The van der Waals surface area contributed by atoms with Crippen molar-refractivity contribution >= 4 is 5.57 Å². The molecule has 0 radical (unpaired) electrons. The van der Waals surface area contributed by atoms with Gasteiger partial charge in [0.25, 0.3) is 0 Å². The van der Waals surface area contributed by atoms with Crippen LogP contribution in [0.5, 0.6) is 5.75 Å². The second-order valence-electron chi connectivity index (χ2n) is 5.56. The first kappa shape index (κ1) is 14.8. The van der Waals surface area contributed by atoms with E-state index in [4.69, 9.17) is 9.26 Å². The maximum absolute atomic E-state index is 5.28. The molecule has 3 rings (SSSR count). The standard InChI is InChI=1S/C17H21N3O2/c1-12(17-18-13(2)19-22-17)20-10-8-15(9-11-20)14-4-6-16(21-3)7-5-14/h4-8,12H,9-11H2,1-3H3. The largest absolute Gasteiger partial charge is 0.497 e. The maximum Gasteiger partial charge on any atom is 0.243 e. The molecule has 0 bridgehead atoms. The monoisotopic (exact) mass is 299 g/mol. The van der Waals surface area contributed by atoms with Gasteiger partial charge in [0.05, 0.1) is 13.2 Å². The molecular weight excluding hydrogens is 278 g/mol. The van der Waals surface area contributed by atoms with Gasteiger partial charge in [-0.05, 0) is 43.5 Å². The maximum atomic E-state index is 5.28. The Morgan fingerprint density at radius 3 is 2.59 bits per heavy atom. The van der Waals surface area contributed by atoms with E-state index < -0.39 is 0 Å². The smallest absolute Gasteiger partial charge is 0.243 e. The number of nitrogens with zero attached hydrogens (tertiary/aromatic N) is 3. The zero-order valence-corrected chi connectivity index (χ0v) is 13.2. The van der Waals surface area contributed by atoms with Gasteiger partial charge in [-0.25, -0.2) is 0 Å². The minimum Gasteiger partial charge on any atom is -0.497 e. The zero-order chi connectivity index (χ0) is 15.5. The average Bonchev–Trinajstić information content (AvgIpc) is 3.01. The molecule has 5 heteroatoms. The van der Waals surface area contributed by atoms with Crippen LogP contribution in [0.1, 0.15) is 36.7 Å². The highest BCUT2D eigenvalue weighted by Crippen LogP contribution is 2.28. The van der Waals surface area contributed by atoms with Crippen LogP contribution in [0.4, 0.5) is 0 Å². The van der Waals surface area contributed by atoms with Crippen LogP contribution in [-0.4, -0.2) is 35.2 Å². The number of aryl methyl sites for hydroxylation is 1. The van der Waals surface area contributed by atoms with Crippen molar-refractivity contribution in [2.24, 2.45) is 0 Å². The molecule has 22 heavy (non-hydrogen) atoms. The lowest BCUT2D eigenvalue weighted by Gasteiger charge is -2.29. The second kappa shape index (κ2) is 6.32. The van der Waals surface area contributed by atoms with Crippen molar-refractivity contribution < 1.29 is 9.26 Å². The van der Waals surface area contributed by atoms with Gasteiger partial charge in [0.1, 0.15) is 5.75 Å². The van der Waals surface area contributed by atoms with E-state index in [1.54, 1.807) is 7.11 Å². The highest BCUT2D eigenvalue weighted by Gasteiger charge is 2.23. The predicted octanol–water partition coefficient (Wildman–Crippen LogP) is 3.24. The highest BCUT2D eigenvalue weighted by molar-refractivity contribution is 5.67. The van der Waals surface area contributed by atoms with E-state index in [1.165, 1.54) is 11.1 Å². The fourth-order valence-electron chi connectivity index (χ4n) is 2.74. The summed E-state index contributed by atoms with van der Waals surface area (Å²) in [5.41, 5.74) is 2.65. The van der Waals surface area contributed by atoms with Crippen molar-refractivity contribution in [3.8, 4) is 5.75 Å². The molecule has 0 saturated heterocycles. The number of benzene rings is 1. The summed E-state index contributed by atoms with van der Waals surface area (Å²) >= 11 is 0. The lowest BCUT2D eigenvalue weighted by molar-refractivity contribution is 0.189. The summed E-state index contributed by atoms with van der Waals surface area (Å²) < 4.78 is 10.5. The summed E-state index contributed by atoms with van der Waals surface area (Å²) in [5.74, 6) is 2.27. The third-order valence-corrected chi connectivity index (χ3v) is 4.15. The molecule has 0 N–H and O–H groups in total. The molecule has 0 aliphatic carbocycles. The van der Waals surface area contributed by atoms with Crippen LogP contribution in [0.15, 0.2) is 34.9 Å². The van der Waals surface area contributed by atoms with Crippen LogP contribution in [0.3, 0.4) is 0 Å². The summed E-state index contributed by atoms with van der Waals surface area (Å²) in [7, 11) is 1.69. The molecule has 1 atom stereocenters. The van der Waals surface area contributed by atoms with Gasteiger partial charge in [-0.15, -0.1) is 0 Å². The van der Waals surface area contributed by atoms with Gasteiger partial charge < -0.3 is 9.26 Å². The third-order valence-electron chi connectivity index (χ3n) is 4.15. The molecule has 2 heterocycles. The number of aromatic nitrogens is 2. The molecule has 0 spiro atoms. The minimum atomic E-state index is 0.148. The van der Waals surface area contributed by atoms with E-state index in [0.717, 1.165) is 25.3 Å². The number of methoxy groups -OCH3 is 1. The van der Waals surface area contributed by atoms with Crippen LogP contribution in [0.2, 0.25) is 0 Å². The summed E-state index contributed by atoms with van der Waals surface area (Å²) in [5, 5.41) is 3.87. The molecule has 1 aromatic carbocycles. The number of hydrogen-bond donors (Lipinski definition) is 0. The lowest BCUT2D eigenvalue weighted by Crippen LogP contribution is -2.31. The average molecular weight is 299 g/mol. The van der Waals surface area contributed by atoms with Crippen LogP contribution in [-0.2, 0) is 0 Å². The van der Waals surface area contributed by atoms with Gasteiger partial charge in [0.2, 0.25) is 5.89 Å². The Labute approximate surface area is 130 Å². The molecule has 0 amide bonds. The Morgan fingerprint density at radius 2 is 2.05 bits per heavy atom. The third kappa shape index (κ3) is 3.04. The molecular formula is C17H21N3O2. The van der Waals surface area contributed by atoms with Gasteiger partial charge in [-0.3, -0.25) is 4.90 Å². The van der Waals surface area contributed by atoms with Crippen molar-refractivity contribution in [2.75, 3.05) is 20.2 Å². The fourth-order valence-corrected chi connectivity index (χ4v) is 2.74. The van der Waals surface area contributed by atoms with E-state index in [2.05, 4.69) is 40.2 Å². The topological polar surface area (TPSA) is 51.4 Å². The molecule has 116 valence electrons. The van der Waals surface area contributed by atoms with Gasteiger partial charge in [-0.1, -0.05) is 23.4 Å². The summed E-state index contributed by atoms with van der Waals surface area (Å²) in [6, 6.07) is 8.39. The molecule has 0 saturated carbocycles.